The summed E-state index contributed by atoms with van der Waals surface area (Å²) in [5.41, 5.74) is 4.80. The van der Waals surface area contributed by atoms with Crippen LogP contribution in [-0.2, 0) is 0 Å². The third-order valence-corrected chi connectivity index (χ3v) is 5.79. The summed E-state index contributed by atoms with van der Waals surface area (Å²) >= 11 is 1.54. The fourth-order valence-electron chi connectivity index (χ4n) is 3.81. The molecule has 2 aromatic carbocycles. The maximum absolute atomic E-state index is 14.5. The van der Waals surface area contributed by atoms with Crippen molar-refractivity contribution in [2.24, 2.45) is 0 Å². The van der Waals surface area contributed by atoms with Gasteiger partial charge in [0.15, 0.2) is 17.5 Å². The van der Waals surface area contributed by atoms with Gasteiger partial charge in [-0.3, -0.25) is 0 Å². The van der Waals surface area contributed by atoms with Crippen molar-refractivity contribution in [2.45, 2.75) is 19.0 Å². The Balaban J connectivity index is 1.65. The molecule has 5 rings (SSSR count). The lowest BCUT2D eigenvalue weighted by atomic mass is 10.1. The van der Waals surface area contributed by atoms with E-state index in [-0.39, 0.29) is 11.9 Å². The molecule has 3 nitrogen and oxygen atoms in total. The van der Waals surface area contributed by atoms with Crippen LogP contribution in [0.4, 0.5) is 18.9 Å². The van der Waals surface area contributed by atoms with Gasteiger partial charge in [0.05, 0.1) is 21.4 Å². The van der Waals surface area contributed by atoms with Gasteiger partial charge in [-0.2, -0.15) is 0 Å². The van der Waals surface area contributed by atoms with Crippen molar-refractivity contribution in [3.05, 3.63) is 70.8 Å². The highest BCUT2D eigenvalue weighted by atomic mass is 32.1. The predicted octanol–water partition coefficient (Wildman–Crippen LogP) is 5.17. The van der Waals surface area contributed by atoms with Crippen LogP contribution < -0.4 is 4.90 Å². The van der Waals surface area contributed by atoms with E-state index in [2.05, 4.69) is 9.88 Å². The van der Waals surface area contributed by atoms with E-state index in [1.807, 2.05) is 24.4 Å². The van der Waals surface area contributed by atoms with Crippen molar-refractivity contribution >= 4 is 27.2 Å². The quantitative estimate of drug-likeness (QED) is 0.578. The number of allylic oxidation sites excluding steroid dienone is 1. The van der Waals surface area contributed by atoms with Gasteiger partial charge in [-0.05, 0) is 42.7 Å². The Morgan fingerprint density at radius 1 is 1.08 bits per heavy atom. The molecule has 0 radical (unpaired) electrons. The largest absolute Gasteiger partial charge is 0.349 e. The van der Waals surface area contributed by atoms with Crippen molar-refractivity contribution in [1.82, 2.24) is 9.88 Å². The van der Waals surface area contributed by atoms with Crippen molar-refractivity contribution in [3.63, 3.8) is 0 Å². The van der Waals surface area contributed by atoms with E-state index >= 15 is 0 Å². The number of benzene rings is 2. The minimum atomic E-state index is -1.44. The molecule has 7 heteroatoms. The van der Waals surface area contributed by atoms with Gasteiger partial charge >= 0.3 is 0 Å². The van der Waals surface area contributed by atoms with Crippen molar-refractivity contribution in [2.75, 3.05) is 11.4 Å². The zero-order chi connectivity index (χ0) is 17.8. The zero-order valence-corrected chi connectivity index (χ0v) is 14.4. The molecule has 132 valence electrons. The van der Waals surface area contributed by atoms with Crippen LogP contribution in [0.25, 0.3) is 10.2 Å². The Kier molecular flexibility index (Phi) is 3.46. The fraction of sp³-hybridized carbons (Fsp3) is 0.211. The number of thiazole rings is 1. The summed E-state index contributed by atoms with van der Waals surface area (Å²) in [5, 5.41) is 0. The van der Waals surface area contributed by atoms with E-state index in [1.54, 1.807) is 21.7 Å². The zero-order valence-electron chi connectivity index (χ0n) is 13.6. The molecule has 0 aliphatic carbocycles. The molecule has 1 aromatic heterocycles. The second-order valence-electron chi connectivity index (χ2n) is 6.47. The lowest BCUT2D eigenvalue weighted by Crippen LogP contribution is -2.31. The number of hydrogen-bond acceptors (Lipinski definition) is 4. The van der Waals surface area contributed by atoms with Crippen molar-refractivity contribution in [3.8, 4) is 0 Å². The van der Waals surface area contributed by atoms with Gasteiger partial charge in [-0.25, -0.2) is 18.2 Å². The molecule has 0 bridgehead atoms. The number of aromatic nitrogens is 1. The Morgan fingerprint density at radius 3 is 2.85 bits per heavy atom. The SMILES string of the molecule is Fc1ccc(N2C=C3CCCN3C2c2ccc3ncsc3c2)c(F)c1F. The molecule has 3 aromatic rings. The van der Waals surface area contributed by atoms with Gasteiger partial charge in [0.2, 0.25) is 0 Å². The Hall–Kier alpha value is -2.54. The molecule has 0 spiro atoms. The molecule has 1 unspecified atom stereocenters. The molecule has 1 atom stereocenters. The molecular formula is C19H14F3N3S. The monoisotopic (exact) mass is 373 g/mol. The molecular weight excluding hydrogens is 359 g/mol. The lowest BCUT2D eigenvalue weighted by molar-refractivity contribution is 0.317. The number of fused-ring (bicyclic) bond motifs is 2. The van der Waals surface area contributed by atoms with Gasteiger partial charge in [-0.1, -0.05) is 6.07 Å². The van der Waals surface area contributed by atoms with Crippen LogP contribution in [0.1, 0.15) is 24.6 Å². The van der Waals surface area contributed by atoms with E-state index in [1.165, 1.54) is 6.07 Å². The fourth-order valence-corrected chi connectivity index (χ4v) is 4.53. The molecule has 3 heterocycles. The number of anilines is 1. The Bertz CT molecular complexity index is 1050. The summed E-state index contributed by atoms with van der Waals surface area (Å²) in [4.78, 5) is 8.19. The minimum absolute atomic E-state index is 0.0419. The van der Waals surface area contributed by atoms with Crippen LogP contribution in [0, 0.1) is 17.5 Å². The van der Waals surface area contributed by atoms with E-state index < -0.39 is 17.5 Å². The second-order valence-corrected chi connectivity index (χ2v) is 7.36. The van der Waals surface area contributed by atoms with Crippen LogP contribution in [0.3, 0.4) is 0 Å². The Labute approximate surface area is 152 Å². The summed E-state index contributed by atoms with van der Waals surface area (Å²) in [7, 11) is 0. The van der Waals surface area contributed by atoms with E-state index in [0.717, 1.165) is 46.9 Å². The maximum atomic E-state index is 14.5. The molecule has 0 saturated carbocycles. The van der Waals surface area contributed by atoms with E-state index in [9.17, 15) is 13.2 Å². The first-order chi connectivity index (χ1) is 12.6. The van der Waals surface area contributed by atoms with Gasteiger partial charge in [-0.15, -0.1) is 11.3 Å². The minimum Gasteiger partial charge on any atom is -0.349 e. The first-order valence-corrected chi connectivity index (χ1v) is 9.24. The number of halogens is 3. The molecule has 0 amide bonds. The highest BCUT2D eigenvalue weighted by Crippen LogP contribution is 2.44. The molecule has 1 fully saturated rings. The molecule has 0 N–H and O–H groups in total. The summed E-state index contributed by atoms with van der Waals surface area (Å²) < 4.78 is 42.7. The summed E-state index contributed by atoms with van der Waals surface area (Å²) in [5.74, 6) is -3.78. The number of nitrogens with zero attached hydrogens (tertiary/aromatic N) is 3. The second kappa shape index (κ2) is 5.74. The summed E-state index contributed by atoms with van der Waals surface area (Å²) in [6.45, 7) is 0.846. The first-order valence-electron chi connectivity index (χ1n) is 8.36. The molecule has 1 saturated heterocycles. The third kappa shape index (κ3) is 2.23. The molecule has 2 aliphatic heterocycles. The van der Waals surface area contributed by atoms with Crippen molar-refractivity contribution < 1.29 is 13.2 Å². The topological polar surface area (TPSA) is 19.4 Å². The normalized spacial score (nSPS) is 19.3. The van der Waals surface area contributed by atoms with Crippen LogP contribution >= 0.6 is 11.3 Å². The van der Waals surface area contributed by atoms with Gasteiger partial charge in [0.1, 0.15) is 6.17 Å². The summed E-state index contributed by atoms with van der Waals surface area (Å²) in [6, 6.07) is 8.21. The van der Waals surface area contributed by atoms with Crippen LogP contribution in [-0.4, -0.2) is 16.4 Å². The number of hydrogen-bond donors (Lipinski definition) is 0. The van der Waals surface area contributed by atoms with Crippen LogP contribution in [0.5, 0.6) is 0 Å². The van der Waals surface area contributed by atoms with Gasteiger partial charge in [0, 0.05) is 18.4 Å². The molecule has 26 heavy (non-hydrogen) atoms. The predicted molar refractivity (Wildman–Crippen MR) is 95.2 cm³/mol. The number of rotatable bonds is 2. The van der Waals surface area contributed by atoms with Gasteiger partial charge in [0.25, 0.3) is 0 Å². The lowest BCUT2D eigenvalue weighted by Gasteiger charge is -2.32. The van der Waals surface area contributed by atoms with E-state index in [4.69, 9.17) is 0 Å². The van der Waals surface area contributed by atoms with Crippen molar-refractivity contribution in [1.29, 1.82) is 0 Å². The average molecular weight is 373 g/mol. The third-order valence-electron chi connectivity index (χ3n) is 4.99. The van der Waals surface area contributed by atoms with Gasteiger partial charge < -0.3 is 9.80 Å². The maximum Gasteiger partial charge on any atom is 0.196 e. The summed E-state index contributed by atoms with van der Waals surface area (Å²) in [6.07, 6.45) is 3.49. The van der Waals surface area contributed by atoms with Crippen LogP contribution in [0.2, 0.25) is 0 Å². The highest BCUT2D eigenvalue weighted by Gasteiger charge is 2.38. The molecule has 2 aliphatic rings. The first kappa shape index (κ1) is 15.7. The average Bonchev–Trinajstić information content (AvgIpc) is 3.34. The van der Waals surface area contributed by atoms with Crippen LogP contribution in [0.15, 0.2) is 47.7 Å². The standard InChI is InChI=1S/C19H14F3N3S/c20-13-4-6-15(18(22)17(13)21)25-9-12-2-1-7-24(12)19(25)11-3-5-14-16(8-11)26-10-23-14/h3-6,8-10,19H,1-2,7H2. The smallest absolute Gasteiger partial charge is 0.196 e. The highest BCUT2D eigenvalue weighted by molar-refractivity contribution is 7.16. The van der Waals surface area contributed by atoms with E-state index in [0.29, 0.717) is 0 Å². The Morgan fingerprint density at radius 2 is 1.96 bits per heavy atom.